The summed E-state index contributed by atoms with van der Waals surface area (Å²) in [6, 6.07) is 9.74. The summed E-state index contributed by atoms with van der Waals surface area (Å²) >= 11 is 0. The van der Waals surface area contributed by atoms with E-state index in [1.54, 1.807) is 6.92 Å². The van der Waals surface area contributed by atoms with Crippen molar-refractivity contribution < 1.29 is 14.3 Å². The molecule has 8 nitrogen and oxygen atoms in total. The van der Waals surface area contributed by atoms with Gasteiger partial charge in [-0.3, -0.25) is 9.89 Å². The number of aromatic nitrogens is 4. The van der Waals surface area contributed by atoms with Crippen LogP contribution in [0.2, 0.25) is 0 Å². The Labute approximate surface area is 183 Å². The zero-order valence-corrected chi connectivity index (χ0v) is 18.0. The van der Waals surface area contributed by atoms with Crippen molar-refractivity contribution in [1.29, 1.82) is 0 Å². The average Bonchev–Trinajstić information content (AvgIpc) is 3.37. The quantitative estimate of drug-likeness (QED) is 0.483. The van der Waals surface area contributed by atoms with E-state index in [0.29, 0.717) is 17.1 Å². The van der Waals surface area contributed by atoms with Gasteiger partial charge in [-0.1, -0.05) is 49.6 Å². The minimum atomic E-state index is -1.14. The van der Waals surface area contributed by atoms with E-state index in [4.69, 9.17) is 9.40 Å². The standard InChI is InChI=1S/C24H24N4O4/c1-13-18(22-26-19(24(30)31)20(32-22)16-11-7-4-8-12-16)23(29)28-21(25-13)17(14(2)27-28)15-9-5-3-6-10-15/h3,5-6,9-10,16,27H,4,7-8,11-12H2,1-2H3,(H,30,31). The van der Waals surface area contributed by atoms with Crippen LogP contribution in [0.15, 0.2) is 39.5 Å². The summed E-state index contributed by atoms with van der Waals surface area (Å²) in [5.41, 5.74) is 3.25. The summed E-state index contributed by atoms with van der Waals surface area (Å²) in [6.45, 7) is 3.61. The third-order valence-corrected chi connectivity index (χ3v) is 6.25. The fraction of sp³-hybridized carbons (Fsp3) is 0.333. The van der Waals surface area contributed by atoms with Gasteiger partial charge in [0.05, 0.1) is 5.69 Å². The molecule has 3 aromatic heterocycles. The third-order valence-electron chi connectivity index (χ3n) is 6.25. The Morgan fingerprint density at radius 3 is 2.50 bits per heavy atom. The molecule has 1 fully saturated rings. The van der Waals surface area contributed by atoms with Crippen LogP contribution in [-0.2, 0) is 0 Å². The lowest BCUT2D eigenvalue weighted by Crippen LogP contribution is -2.19. The molecule has 8 heteroatoms. The van der Waals surface area contributed by atoms with Crippen molar-refractivity contribution in [2.75, 3.05) is 0 Å². The number of nitrogens with one attached hydrogen (secondary N) is 1. The van der Waals surface area contributed by atoms with Crippen LogP contribution >= 0.6 is 0 Å². The summed E-state index contributed by atoms with van der Waals surface area (Å²) < 4.78 is 7.35. The SMILES string of the molecule is Cc1nc2c(-c3ccccc3)c(C)[nH]n2c(=O)c1-c1nc(C(=O)O)c(C2CCCCC2)o1. The van der Waals surface area contributed by atoms with Crippen molar-refractivity contribution in [2.24, 2.45) is 0 Å². The first-order chi connectivity index (χ1) is 15.5. The molecule has 1 aromatic carbocycles. The predicted octanol–water partition coefficient (Wildman–Crippen LogP) is 4.71. The molecule has 164 valence electrons. The Hall–Kier alpha value is -3.68. The van der Waals surface area contributed by atoms with Gasteiger partial charge in [0.15, 0.2) is 11.3 Å². The molecule has 5 rings (SSSR count). The molecule has 0 unspecified atom stereocenters. The molecular weight excluding hydrogens is 408 g/mol. The Bertz CT molecular complexity index is 1370. The van der Waals surface area contributed by atoms with Gasteiger partial charge in [0, 0.05) is 17.2 Å². The molecule has 1 aliphatic rings. The highest BCUT2D eigenvalue weighted by Crippen LogP contribution is 2.37. The van der Waals surface area contributed by atoms with Gasteiger partial charge in [-0.05, 0) is 32.3 Å². The van der Waals surface area contributed by atoms with Crippen LogP contribution in [0.4, 0.5) is 0 Å². The van der Waals surface area contributed by atoms with Crippen LogP contribution < -0.4 is 5.56 Å². The molecule has 0 atom stereocenters. The largest absolute Gasteiger partial charge is 0.476 e. The van der Waals surface area contributed by atoms with Gasteiger partial charge in [0.25, 0.3) is 5.56 Å². The zero-order valence-electron chi connectivity index (χ0n) is 18.0. The summed E-state index contributed by atoms with van der Waals surface area (Å²) in [7, 11) is 0. The minimum Gasteiger partial charge on any atom is -0.476 e. The van der Waals surface area contributed by atoms with E-state index in [9.17, 15) is 14.7 Å². The maximum atomic E-state index is 13.5. The van der Waals surface area contributed by atoms with E-state index in [-0.39, 0.29) is 28.6 Å². The Balaban J connectivity index is 1.69. The molecule has 4 aromatic rings. The van der Waals surface area contributed by atoms with E-state index in [0.717, 1.165) is 48.9 Å². The lowest BCUT2D eigenvalue weighted by molar-refractivity contribution is 0.0687. The van der Waals surface area contributed by atoms with Gasteiger partial charge in [-0.25, -0.2) is 19.3 Å². The van der Waals surface area contributed by atoms with E-state index in [1.165, 1.54) is 4.52 Å². The first-order valence-electron chi connectivity index (χ1n) is 10.9. The molecule has 3 heterocycles. The number of H-pyrrole nitrogens is 1. The van der Waals surface area contributed by atoms with Gasteiger partial charge in [-0.2, -0.15) is 0 Å². The molecular formula is C24H24N4O4. The van der Waals surface area contributed by atoms with Crippen LogP contribution in [0.1, 0.15) is 65.7 Å². The normalized spacial score (nSPS) is 14.8. The Morgan fingerprint density at radius 2 is 1.81 bits per heavy atom. The number of carboxylic acid groups (broad SMARTS) is 1. The number of benzene rings is 1. The summed E-state index contributed by atoms with van der Waals surface area (Å²) in [6.07, 6.45) is 4.91. The van der Waals surface area contributed by atoms with Gasteiger partial charge in [0.2, 0.25) is 5.89 Å². The number of aromatic carboxylic acids is 1. The number of carboxylic acids is 1. The Morgan fingerprint density at radius 1 is 1.09 bits per heavy atom. The molecule has 32 heavy (non-hydrogen) atoms. The van der Waals surface area contributed by atoms with E-state index < -0.39 is 5.97 Å². The number of fused-ring (bicyclic) bond motifs is 1. The van der Waals surface area contributed by atoms with E-state index >= 15 is 0 Å². The second-order valence-electron chi connectivity index (χ2n) is 8.39. The fourth-order valence-corrected chi connectivity index (χ4v) is 4.72. The van der Waals surface area contributed by atoms with Crippen molar-refractivity contribution in [3.8, 4) is 22.6 Å². The van der Waals surface area contributed by atoms with Crippen molar-refractivity contribution in [1.82, 2.24) is 19.6 Å². The molecule has 0 amide bonds. The van der Waals surface area contributed by atoms with Gasteiger partial charge < -0.3 is 9.52 Å². The topological polar surface area (TPSA) is 113 Å². The van der Waals surface area contributed by atoms with Crippen LogP contribution in [0.5, 0.6) is 0 Å². The summed E-state index contributed by atoms with van der Waals surface area (Å²) in [5.74, 6) is -0.757. The minimum absolute atomic E-state index is 0.00765. The van der Waals surface area contributed by atoms with Gasteiger partial charge >= 0.3 is 5.97 Å². The van der Waals surface area contributed by atoms with Crippen LogP contribution in [0.3, 0.4) is 0 Å². The molecule has 0 spiro atoms. The van der Waals surface area contributed by atoms with Crippen LogP contribution in [0, 0.1) is 13.8 Å². The number of hydrogen-bond acceptors (Lipinski definition) is 5. The predicted molar refractivity (Wildman–Crippen MR) is 119 cm³/mol. The number of hydrogen-bond donors (Lipinski definition) is 2. The number of nitrogens with zero attached hydrogens (tertiary/aromatic N) is 3. The molecule has 1 aliphatic carbocycles. The maximum Gasteiger partial charge on any atom is 0.358 e. The van der Waals surface area contributed by atoms with Crippen LogP contribution in [-0.4, -0.2) is 30.7 Å². The summed E-state index contributed by atoms with van der Waals surface area (Å²) in [4.78, 5) is 34.3. The average molecular weight is 432 g/mol. The number of aryl methyl sites for hydroxylation is 2. The maximum absolute atomic E-state index is 13.5. The number of carbonyl (C=O) groups is 1. The lowest BCUT2D eigenvalue weighted by atomic mass is 9.87. The van der Waals surface area contributed by atoms with Gasteiger partial charge in [0.1, 0.15) is 11.3 Å². The molecule has 0 bridgehead atoms. The molecule has 0 radical (unpaired) electrons. The molecule has 1 saturated carbocycles. The molecule has 2 N–H and O–H groups in total. The fourth-order valence-electron chi connectivity index (χ4n) is 4.72. The highest BCUT2D eigenvalue weighted by atomic mass is 16.4. The summed E-state index contributed by atoms with van der Waals surface area (Å²) in [5, 5.41) is 12.8. The molecule has 0 saturated heterocycles. The van der Waals surface area contributed by atoms with Gasteiger partial charge in [-0.15, -0.1) is 0 Å². The first kappa shape index (κ1) is 20.2. The van der Waals surface area contributed by atoms with E-state index in [1.807, 2.05) is 37.3 Å². The highest BCUT2D eigenvalue weighted by molar-refractivity contribution is 5.87. The van der Waals surface area contributed by atoms with Crippen molar-refractivity contribution in [2.45, 2.75) is 51.9 Å². The van der Waals surface area contributed by atoms with E-state index in [2.05, 4.69) is 10.1 Å². The number of oxazole rings is 1. The zero-order chi connectivity index (χ0) is 22.4. The monoisotopic (exact) mass is 432 g/mol. The van der Waals surface area contributed by atoms with Crippen molar-refractivity contribution >= 4 is 11.6 Å². The smallest absolute Gasteiger partial charge is 0.358 e. The third kappa shape index (κ3) is 3.23. The first-order valence-corrected chi connectivity index (χ1v) is 10.9. The number of rotatable bonds is 4. The highest BCUT2D eigenvalue weighted by Gasteiger charge is 2.30. The number of aromatic amines is 1. The second-order valence-corrected chi connectivity index (χ2v) is 8.39. The molecule has 0 aliphatic heterocycles. The van der Waals surface area contributed by atoms with Crippen molar-refractivity contribution in [3.63, 3.8) is 0 Å². The van der Waals surface area contributed by atoms with Crippen LogP contribution in [0.25, 0.3) is 28.2 Å². The van der Waals surface area contributed by atoms with Crippen molar-refractivity contribution in [3.05, 3.63) is 63.5 Å². The Kier molecular flexibility index (Phi) is 4.92. The lowest BCUT2D eigenvalue weighted by Gasteiger charge is -2.19. The second kappa shape index (κ2) is 7.78.